The van der Waals surface area contributed by atoms with E-state index in [0.717, 1.165) is 48.3 Å². The smallest absolute Gasteiger partial charge is 0.253 e. The maximum absolute atomic E-state index is 12.8. The number of hydrogen-bond acceptors (Lipinski definition) is 3. The minimum atomic E-state index is 0.0305. The van der Waals surface area contributed by atoms with Crippen molar-refractivity contribution in [3.63, 3.8) is 0 Å². The molecular formula is C28H31N3O2. The van der Waals surface area contributed by atoms with E-state index in [-0.39, 0.29) is 11.8 Å². The van der Waals surface area contributed by atoms with E-state index in [0.29, 0.717) is 13.1 Å². The van der Waals surface area contributed by atoms with Gasteiger partial charge < -0.3 is 14.7 Å². The van der Waals surface area contributed by atoms with Gasteiger partial charge >= 0.3 is 0 Å². The first-order valence-electron chi connectivity index (χ1n) is 11.5. The van der Waals surface area contributed by atoms with Crippen LogP contribution in [0.25, 0.3) is 0 Å². The third kappa shape index (κ3) is 5.43. The monoisotopic (exact) mass is 441 g/mol. The zero-order chi connectivity index (χ0) is 23.2. The predicted octanol–water partition coefficient (Wildman–Crippen LogP) is 4.14. The molecule has 0 spiro atoms. The normalized spacial score (nSPS) is 13.6. The van der Waals surface area contributed by atoms with Crippen molar-refractivity contribution in [3.05, 3.63) is 101 Å². The Kier molecular flexibility index (Phi) is 7.08. The van der Waals surface area contributed by atoms with Crippen LogP contribution in [-0.2, 0) is 12.8 Å². The summed E-state index contributed by atoms with van der Waals surface area (Å²) in [6, 6.07) is 26.0. The summed E-state index contributed by atoms with van der Waals surface area (Å²) in [5.74, 6) is 0.119. The number of carbonyl (C=O) groups excluding carboxylic acids is 2. The summed E-state index contributed by atoms with van der Waals surface area (Å²) in [5.41, 5.74) is 4.94. The fraction of sp³-hybridized carbons (Fsp3) is 0.286. The first-order chi connectivity index (χ1) is 16.0. The minimum absolute atomic E-state index is 0.0305. The summed E-state index contributed by atoms with van der Waals surface area (Å²) in [5, 5.41) is 0. The quantitative estimate of drug-likeness (QED) is 0.578. The van der Waals surface area contributed by atoms with Gasteiger partial charge in [0.15, 0.2) is 0 Å². The van der Waals surface area contributed by atoms with Crippen LogP contribution in [0, 0.1) is 0 Å². The topological polar surface area (TPSA) is 43.9 Å². The van der Waals surface area contributed by atoms with Crippen molar-refractivity contribution in [1.82, 2.24) is 9.80 Å². The molecular weight excluding hydrogens is 410 g/mol. The van der Waals surface area contributed by atoms with Gasteiger partial charge in [-0.25, -0.2) is 0 Å². The second kappa shape index (κ2) is 10.3. The van der Waals surface area contributed by atoms with E-state index in [2.05, 4.69) is 23.1 Å². The zero-order valence-corrected chi connectivity index (χ0v) is 19.4. The van der Waals surface area contributed by atoms with Gasteiger partial charge in [0.25, 0.3) is 11.8 Å². The average molecular weight is 442 g/mol. The highest BCUT2D eigenvalue weighted by Crippen LogP contribution is 2.24. The van der Waals surface area contributed by atoms with Crippen LogP contribution >= 0.6 is 0 Å². The van der Waals surface area contributed by atoms with Crippen molar-refractivity contribution >= 4 is 17.5 Å². The number of hydrogen-bond donors (Lipinski definition) is 0. The Labute approximate surface area is 196 Å². The molecule has 0 radical (unpaired) electrons. The van der Waals surface area contributed by atoms with Gasteiger partial charge in [-0.1, -0.05) is 48.5 Å². The fourth-order valence-corrected chi connectivity index (χ4v) is 4.29. The molecule has 5 heteroatoms. The van der Waals surface area contributed by atoms with E-state index in [4.69, 9.17) is 0 Å². The SMILES string of the molecule is CN(C)C(=O)c1ccc(N2CCN(C(=O)c3ccccc3)CC2)cc1CCc1ccccc1. The Bertz CT molecular complexity index is 1090. The van der Waals surface area contributed by atoms with Gasteiger partial charge in [0.1, 0.15) is 0 Å². The minimum Gasteiger partial charge on any atom is -0.368 e. The number of benzene rings is 3. The fourth-order valence-electron chi connectivity index (χ4n) is 4.29. The second-order valence-corrected chi connectivity index (χ2v) is 8.67. The molecule has 0 N–H and O–H groups in total. The number of anilines is 1. The van der Waals surface area contributed by atoms with Crippen molar-refractivity contribution in [3.8, 4) is 0 Å². The van der Waals surface area contributed by atoms with Crippen LogP contribution in [0.1, 0.15) is 31.8 Å². The highest BCUT2D eigenvalue weighted by atomic mass is 16.2. The summed E-state index contributed by atoms with van der Waals surface area (Å²) in [6.07, 6.45) is 1.69. The van der Waals surface area contributed by atoms with Crippen molar-refractivity contribution in [2.75, 3.05) is 45.2 Å². The molecule has 5 nitrogen and oxygen atoms in total. The Morgan fingerprint density at radius 1 is 0.788 bits per heavy atom. The summed E-state index contributed by atoms with van der Waals surface area (Å²) >= 11 is 0. The molecule has 3 aromatic rings. The molecule has 1 saturated heterocycles. The van der Waals surface area contributed by atoms with Crippen LogP contribution in [0.3, 0.4) is 0 Å². The molecule has 0 aliphatic carbocycles. The lowest BCUT2D eigenvalue weighted by Crippen LogP contribution is -2.48. The summed E-state index contributed by atoms with van der Waals surface area (Å²) in [7, 11) is 3.58. The van der Waals surface area contributed by atoms with Crippen molar-refractivity contribution in [2.24, 2.45) is 0 Å². The molecule has 0 saturated carbocycles. The van der Waals surface area contributed by atoms with Gasteiger partial charge in [0.2, 0.25) is 0 Å². The first kappa shape index (κ1) is 22.6. The molecule has 4 rings (SSSR count). The Balaban J connectivity index is 1.48. The van der Waals surface area contributed by atoms with Crippen molar-refractivity contribution in [1.29, 1.82) is 0 Å². The van der Waals surface area contributed by atoms with Gasteiger partial charge in [-0.05, 0) is 54.3 Å². The molecule has 0 aromatic heterocycles. The molecule has 0 atom stereocenters. The molecule has 1 fully saturated rings. The lowest BCUT2D eigenvalue weighted by molar-refractivity contribution is 0.0746. The van der Waals surface area contributed by atoms with Crippen LogP contribution in [0.5, 0.6) is 0 Å². The molecule has 1 heterocycles. The number of rotatable bonds is 6. The largest absolute Gasteiger partial charge is 0.368 e. The third-order valence-corrected chi connectivity index (χ3v) is 6.20. The van der Waals surface area contributed by atoms with Gasteiger partial charge in [-0.3, -0.25) is 9.59 Å². The zero-order valence-electron chi connectivity index (χ0n) is 19.4. The number of piperazine rings is 1. The van der Waals surface area contributed by atoms with E-state index in [1.165, 1.54) is 5.56 Å². The van der Waals surface area contributed by atoms with Crippen molar-refractivity contribution < 1.29 is 9.59 Å². The molecule has 33 heavy (non-hydrogen) atoms. The number of aryl methyl sites for hydroxylation is 2. The predicted molar refractivity (Wildman–Crippen MR) is 133 cm³/mol. The molecule has 0 bridgehead atoms. The lowest BCUT2D eigenvalue weighted by Gasteiger charge is -2.36. The average Bonchev–Trinajstić information content (AvgIpc) is 2.87. The molecule has 2 amide bonds. The molecule has 1 aliphatic rings. The van der Waals surface area contributed by atoms with Gasteiger partial charge in [-0.15, -0.1) is 0 Å². The number of amides is 2. The van der Waals surface area contributed by atoms with Gasteiger partial charge in [0.05, 0.1) is 0 Å². The van der Waals surface area contributed by atoms with E-state index >= 15 is 0 Å². The Morgan fingerprint density at radius 3 is 2.06 bits per heavy atom. The Hall–Kier alpha value is -3.60. The van der Waals surface area contributed by atoms with Crippen LogP contribution in [-0.4, -0.2) is 61.9 Å². The molecule has 0 unspecified atom stereocenters. The molecule has 1 aliphatic heterocycles. The Morgan fingerprint density at radius 2 is 1.42 bits per heavy atom. The first-order valence-corrected chi connectivity index (χ1v) is 11.5. The van der Waals surface area contributed by atoms with Crippen LogP contribution in [0.2, 0.25) is 0 Å². The van der Waals surface area contributed by atoms with E-state index in [1.54, 1.807) is 19.0 Å². The maximum Gasteiger partial charge on any atom is 0.253 e. The second-order valence-electron chi connectivity index (χ2n) is 8.67. The standard InChI is InChI=1S/C28H31N3O2/c1-29(2)28(33)26-16-15-25(21-24(26)14-13-22-9-5-3-6-10-22)30-17-19-31(20-18-30)27(32)23-11-7-4-8-12-23/h3-12,15-16,21H,13-14,17-20H2,1-2H3. The molecule has 170 valence electrons. The summed E-state index contributed by atoms with van der Waals surface area (Å²) < 4.78 is 0. The highest BCUT2D eigenvalue weighted by Gasteiger charge is 2.23. The van der Waals surface area contributed by atoms with Crippen LogP contribution < -0.4 is 4.90 Å². The highest BCUT2D eigenvalue weighted by molar-refractivity contribution is 5.96. The van der Waals surface area contributed by atoms with Crippen LogP contribution in [0.15, 0.2) is 78.9 Å². The van der Waals surface area contributed by atoms with E-state index in [1.807, 2.05) is 65.6 Å². The van der Waals surface area contributed by atoms with Gasteiger partial charge in [0, 0.05) is 57.1 Å². The van der Waals surface area contributed by atoms with E-state index < -0.39 is 0 Å². The summed E-state index contributed by atoms with van der Waals surface area (Å²) in [6.45, 7) is 2.92. The molecule has 3 aromatic carbocycles. The number of nitrogens with zero attached hydrogens (tertiary/aromatic N) is 3. The summed E-state index contributed by atoms with van der Waals surface area (Å²) in [4.78, 5) is 31.4. The van der Waals surface area contributed by atoms with Gasteiger partial charge in [-0.2, -0.15) is 0 Å². The van der Waals surface area contributed by atoms with E-state index in [9.17, 15) is 9.59 Å². The van der Waals surface area contributed by atoms with Crippen molar-refractivity contribution in [2.45, 2.75) is 12.8 Å². The maximum atomic E-state index is 12.8. The third-order valence-electron chi connectivity index (χ3n) is 6.20. The van der Waals surface area contributed by atoms with Crippen LogP contribution in [0.4, 0.5) is 5.69 Å². The lowest BCUT2D eigenvalue weighted by atomic mass is 9.98. The number of carbonyl (C=O) groups is 2.